The smallest absolute Gasteiger partial charge is 0.240 e. The summed E-state index contributed by atoms with van der Waals surface area (Å²) in [6.07, 6.45) is 5.52. The molecule has 0 saturated heterocycles. The number of sulfonamides is 1. The van der Waals surface area contributed by atoms with Gasteiger partial charge in [0.05, 0.1) is 11.4 Å². The Hall–Kier alpha value is -0.920. The molecule has 7 heteroatoms. The highest BCUT2D eigenvalue weighted by Crippen LogP contribution is 2.33. The van der Waals surface area contributed by atoms with Gasteiger partial charge in [0.1, 0.15) is 4.90 Å². The maximum absolute atomic E-state index is 11.4. The zero-order chi connectivity index (χ0) is 14.0. The van der Waals surface area contributed by atoms with Crippen molar-refractivity contribution in [1.82, 2.24) is 0 Å². The molecule has 1 saturated carbocycles. The van der Waals surface area contributed by atoms with Gasteiger partial charge in [0.2, 0.25) is 10.0 Å². The molecule has 5 N–H and O–H groups in total. The Kier molecular flexibility index (Phi) is 4.27. The van der Waals surface area contributed by atoms with Crippen LogP contribution in [0.25, 0.3) is 0 Å². The van der Waals surface area contributed by atoms with E-state index in [1.165, 1.54) is 18.9 Å². The largest absolute Gasteiger partial charge is 0.396 e. The number of primary sulfonamides is 1. The van der Waals surface area contributed by atoms with Crippen LogP contribution in [-0.2, 0) is 10.0 Å². The van der Waals surface area contributed by atoms with E-state index >= 15 is 0 Å². The van der Waals surface area contributed by atoms with Gasteiger partial charge in [-0.2, -0.15) is 11.8 Å². The fourth-order valence-corrected chi connectivity index (χ4v) is 4.11. The second kappa shape index (κ2) is 5.60. The average Bonchev–Trinajstić information content (AvgIpc) is 2.77. The van der Waals surface area contributed by atoms with Gasteiger partial charge in [0, 0.05) is 11.3 Å². The van der Waals surface area contributed by atoms with Crippen molar-refractivity contribution in [2.24, 2.45) is 5.14 Å². The van der Waals surface area contributed by atoms with E-state index in [-0.39, 0.29) is 10.6 Å². The molecule has 0 radical (unpaired) electrons. The van der Waals surface area contributed by atoms with Crippen LogP contribution >= 0.6 is 11.8 Å². The Bertz CT molecular complexity index is 560. The number of nitrogen functional groups attached to an aromatic ring is 1. The van der Waals surface area contributed by atoms with Crippen molar-refractivity contribution in [2.75, 3.05) is 17.3 Å². The van der Waals surface area contributed by atoms with E-state index in [9.17, 15) is 8.42 Å². The predicted octanol–water partition coefficient (Wildman–Crippen LogP) is 1.61. The molecule has 1 aromatic carbocycles. The van der Waals surface area contributed by atoms with Crippen LogP contribution in [0.3, 0.4) is 0 Å². The number of anilines is 2. The standard InChI is InChI=1S/C12H19N3O2S2/c1-18-10-6-2-4-8(10)15-9-5-3-7-11(12(9)13)19(14,16)17/h3,5,7-8,10,15H,2,4,6,13H2,1H3,(H2,14,16,17). The molecule has 1 aromatic rings. The first-order chi connectivity index (χ1) is 8.93. The Morgan fingerprint density at radius 3 is 2.74 bits per heavy atom. The summed E-state index contributed by atoms with van der Waals surface area (Å²) >= 11 is 1.83. The van der Waals surface area contributed by atoms with Crippen LogP contribution in [0.5, 0.6) is 0 Å². The van der Waals surface area contributed by atoms with Crippen LogP contribution in [0.15, 0.2) is 23.1 Å². The molecule has 106 valence electrons. The van der Waals surface area contributed by atoms with Gasteiger partial charge in [-0.25, -0.2) is 13.6 Å². The van der Waals surface area contributed by atoms with Gasteiger partial charge in [-0.15, -0.1) is 0 Å². The maximum Gasteiger partial charge on any atom is 0.240 e. The number of hydrogen-bond acceptors (Lipinski definition) is 5. The molecular weight excluding hydrogens is 282 g/mol. The highest BCUT2D eigenvalue weighted by Gasteiger charge is 2.27. The Labute approximate surface area is 118 Å². The van der Waals surface area contributed by atoms with Crippen LogP contribution in [0.2, 0.25) is 0 Å². The molecule has 0 amide bonds. The highest BCUT2D eigenvalue weighted by atomic mass is 32.2. The monoisotopic (exact) mass is 301 g/mol. The average molecular weight is 301 g/mol. The summed E-state index contributed by atoms with van der Waals surface area (Å²) in [4.78, 5) is -0.0174. The molecule has 1 aliphatic carbocycles. The summed E-state index contributed by atoms with van der Waals surface area (Å²) in [5.74, 6) is 0. The fourth-order valence-electron chi connectivity index (χ4n) is 2.49. The first-order valence-corrected chi connectivity index (χ1v) is 8.97. The lowest BCUT2D eigenvalue weighted by Gasteiger charge is -2.22. The molecule has 0 spiro atoms. The Morgan fingerprint density at radius 2 is 2.11 bits per heavy atom. The molecule has 5 nitrogen and oxygen atoms in total. The molecule has 0 aromatic heterocycles. The summed E-state index contributed by atoms with van der Waals surface area (Å²) < 4.78 is 22.9. The minimum absolute atomic E-state index is 0.0174. The fraction of sp³-hybridized carbons (Fsp3) is 0.500. The normalized spacial score (nSPS) is 23.5. The van der Waals surface area contributed by atoms with Crippen molar-refractivity contribution in [3.05, 3.63) is 18.2 Å². The molecule has 1 aliphatic rings. The van der Waals surface area contributed by atoms with Crippen molar-refractivity contribution in [3.8, 4) is 0 Å². The molecule has 2 rings (SSSR count). The van der Waals surface area contributed by atoms with Crippen molar-refractivity contribution < 1.29 is 8.42 Å². The molecule has 0 heterocycles. The maximum atomic E-state index is 11.4. The predicted molar refractivity (Wildman–Crippen MR) is 80.8 cm³/mol. The van der Waals surface area contributed by atoms with E-state index in [4.69, 9.17) is 10.9 Å². The van der Waals surface area contributed by atoms with Gasteiger partial charge in [0.25, 0.3) is 0 Å². The van der Waals surface area contributed by atoms with Crippen molar-refractivity contribution in [3.63, 3.8) is 0 Å². The first-order valence-electron chi connectivity index (χ1n) is 6.14. The summed E-state index contributed by atoms with van der Waals surface area (Å²) in [5.41, 5.74) is 6.76. The van der Waals surface area contributed by atoms with Gasteiger partial charge in [-0.1, -0.05) is 12.5 Å². The van der Waals surface area contributed by atoms with Gasteiger partial charge in [-0.05, 0) is 31.2 Å². The van der Waals surface area contributed by atoms with Crippen LogP contribution in [0.4, 0.5) is 11.4 Å². The van der Waals surface area contributed by atoms with E-state index in [2.05, 4.69) is 11.6 Å². The SMILES string of the molecule is CSC1CCCC1Nc1cccc(S(N)(=O)=O)c1N. The minimum Gasteiger partial charge on any atom is -0.396 e. The molecule has 0 aliphatic heterocycles. The molecule has 1 fully saturated rings. The van der Waals surface area contributed by atoms with E-state index in [0.717, 1.165) is 6.42 Å². The lowest BCUT2D eigenvalue weighted by atomic mass is 10.2. The third kappa shape index (κ3) is 3.16. The van der Waals surface area contributed by atoms with Crippen molar-refractivity contribution in [2.45, 2.75) is 35.4 Å². The molecule has 2 unspecified atom stereocenters. The third-order valence-electron chi connectivity index (χ3n) is 3.47. The number of hydrogen-bond donors (Lipinski definition) is 3. The minimum atomic E-state index is -3.78. The lowest BCUT2D eigenvalue weighted by Crippen LogP contribution is -2.26. The Balaban J connectivity index is 2.27. The highest BCUT2D eigenvalue weighted by molar-refractivity contribution is 7.99. The van der Waals surface area contributed by atoms with Gasteiger partial charge in [-0.3, -0.25) is 0 Å². The second-order valence-corrected chi connectivity index (χ2v) is 7.33. The summed E-state index contributed by atoms with van der Waals surface area (Å²) in [5, 5.41) is 9.04. The van der Waals surface area contributed by atoms with E-state index < -0.39 is 10.0 Å². The number of para-hydroxylation sites is 1. The lowest BCUT2D eigenvalue weighted by molar-refractivity contribution is 0.598. The van der Waals surface area contributed by atoms with Crippen molar-refractivity contribution >= 4 is 33.2 Å². The van der Waals surface area contributed by atoms with Crippen LogP contribution in [0.1, 0.15) is 19.3 Å². The summed E-state index contributed by atoms with van der Waals surface area (Å²) in [6.45, 7) is 0. The third-order valence-corrected chi connectivity index (χ3v) is 5.61. The van der Waals surface area contributed by atoms with E-state index in [1.54, 1.807) is 12.1 Å². The number of nitrogens with one attached hydrogen (secondary N) is 1. The Morgan fingerprint density at radius 1 is 1.37 bits per heavy atom. The number of nitrogens with two attached hydrogens (primary N) is 2. The molecule has 2 atom stereocenters. The van der Waals surface area contributed by atoms with Gasteiger partial charge < -0.3 is 11.1 Å². The van der Waals surface area contributed by atoms with Gasteiger partial charge >= 0.3 is 0 Å². The molecule has 19 heavy (non-hydrogen) atoms. The zero-order valence-corrected chi connectivity index (χ0v) is 12.4. The number of benzene rings is 1. The number of thioether (sulfide) groups is 1. The van der Waals surface area contributed by atoms with Crippen LogP contribution in [0, 0.1) is 0 Å². The topological polar surface area (TPSA) is 98.2 Å². The van der Waals surface area contributed by atoms with E-state index in [0.29, 0.717) is 17.0 Å². The van der Waals surface area contributed by atoms with Crippen LogP contribution in [-0.4, -0.2) is 26.0 Å². The zero-order valence-electron chi connectivity index (χ0n) is 10.8. The van der Waals surface area contributed by atoms with Crippen LogP contribution < -0.4 is 16.2 Å². The number of rotatable bonds is 4. The summed E-state index contributed by atoms with van der Waals surface area (Å²) in [7, 11) is -3.78. The molecular formula is C12H19N3O2S2. The molecule has 0 bridgehead atoms. The van der Waals surface area contributed by atoms with Crippen molar-refractivity contribution in [1.29, 1.82) is 0 Å². The van der Waals surface area contributed by atoms with E-state index in [1.807, 2.05) is 11.8 Å². The van der Waals surface area contributed by atoms with Gasteiger partial charge in [0.15, 0.2) is 0 Å². The first kappa shape index (κ1) is 14.5. The second-order valence-electron chi connectivity index (χ2n) is 4.72. The quantitative estimate of drug-likeness (QED) is 0.734. The summed E-state index contributed by atoms with van der Waals surface area (Å²) in [6, 6.07) is 5.20.